The fourth-order valence-corrected chi connectivity index (χ4v) is 12.0. The van der Waals surface area contributed by atoms with E-state index in [-0.39, 0.29) is 55.4 Å². The van der Waals surface area contributed by atoms with Crippen LogP contribution in [0.3, 0.4) is 0 Å². The minimum Gasteiger partial charge on any atom is -0.455 e. The summed E-state index contributed by atoms with van der Waals surface area (Å²) in [5, 5.41) is 11.8. The lowest BCUT2D eigenvalue weighted by molar-refractivity contribution is -0.202. The molecule has 0 unspecified atom stereocenters. The zero-order valence-corrected chi connectivity index (χ0v) is 25.8. The molecule has 43 heavy (non-hydrogen) atoms. The highest BCUT2D eigenvalue weighted by atomic mass is 16.7. The van der Waals surface area contributed by atoms with Crippen molar-refractivity contribution in [3.8, 4) is 0 Å². The van der Waals surface area contributed by atoms with Gasteiger partial charge >= 0.3 is 12.1 Å². The van der Waals surface area contributed by atoms with Crippen LogP contribution in [0.25, 0.3) is 0 Å². The third kappa shape index (κ3) is 4.24. The summed E-state index contributed by atoms with van der Waals surface area (Å²) in [6.07, 6.45) is 12.5. The Morgan fingerprint density at radius 2 is 1.65 bits per heavy atom. The Morgan fingerprint density at radius 3 is 2.30 bits per heavy atom. The zero-order valence-electron chi connectivity index (χ0n) is 25.8. The number of fused-ring (bicyclic) bond motifs is 5. The molecule has 0 aliphatic heterocycles. The molecule has 4 bridgehead atoms. The van der Waals surface area contributed by atoms with Gasteiger partial charge in [-0.05, 0) is 119 Å². The number of esters is 1. The number of carbonyl (C=O) groups is 4. The molecular formula is C35H46O8. The van der Waals surface area contributed by atoms with E-state index < -0.39 is 40.1 Å². The van der Waals surface area contributed by atoms with Gasteiger partial charge < -0.3 is 19.3 Å². The van der Waals surface area contributed by atoms with Crippen LogP contribution in [0.5, 0.6) is 0 Å². The third-order valence-electron chi connectivity index (χ3n) is 13.4. The number of carbonyl (C=O) groups excluding carboxylic acids is 4. The Hall–Kier alpha value is -2.48. The van der Waals surface area contributed by atoms with E-state index in [9.17, 15) is 24.3 Å². The third-order valence-corrected chi connectivity index (χ3v) is 13.4. The van der Waals surface area contributed by atoms with Gasteiger partial charge in [-0.1, -0.05) is 25.5 Å². The molecule has 0 aromatic heterocycles. The quantitative estimate of drug-likeness (QED) is 0.401. The van der Waals surface area contributed by atoms with Crippen molar-refractivity contribution < 1.29 is 38.5 Å². The van der Waals surface area contributed by atoms with Crippen molar-refractivity contribution in [1.82, 2.24) is 0 Å². The van der Waals surface area contributed by atoms with Crippen LogP contribution in [0.2, 0.25) is 0 Å². The van der Waals surface area contributed by atoms with E-state index in [0.29, 0.717) is 24.2 Å². The van der Waals surface area contributed by atoms with Gasteiger partial charge in [0.1, 0.15) is 0 Å². The first-order valence-electron chi connectivity index (χ1n) is 16.6. The van der Waals surface area contributed by atoms with Gasteiger partial charge in [0.25, 0.3) is 0 Å². The fraction of sp³-hybridized carbons (Fsp3) is 0.771. The molecule has 8 heteroatoms. The molecule has 0 aromatic carbocycles. The first-order chi connectivity index (χ1) is 20.4. The molecule has 234 valence electrons. The number of Topliss-reactive ketones (excluding diaryl/α,β-unsaturated/α-hetero) is 1. The second-order valence-electron chi connectivity index (χ2n) is 15.6. The highest BCUT2D eigenvalue weighted by Crippen LogP contribution is 2.68. The van der Waals surface area contributed by atoms with Crippen molar-refractivity contribution in [3.05, 3.63) is 23.8 Å². The number of hydrogen-bond acceptors (Lipinski definition) is 8. The smallest absolute Gasteiger partial charge is 0.455 e. The Labute approximate surface area is 254 Å². The zero-order chi connectivity index (χ0) is 30.4. The van der Waals surface area contributed by atoms with Crippen LogP contribution >= 0.6 is 0 Å². The maximum absolute atomic E-state index is 14.2. The van der Waals surface area contributed by atoms with E-state index in [1.165, 1.54) is 19.3 Å². The SMILES string of the molecule is CCOC(=O)O[C@]1(C(=O)OCC(=O)C23CC4CC(CC(C4)C2)C3)CC[C@H]2[C@@H]3CCC4=CC(=O)C=C[C@]4(C)[C@H]3[C@@H](O)C[C@@]21C. The van der Waals surface area contributed by atoms with Crippen molar-refractivity contribution in [3.63, 3.8) is 0 Å². The number of ketones is 2. The van der Waals surface area contributed by atoms with E-state index in [1.54, 1.807) is 19.1 Å². The van der Waals surface area contributed by atoms with Crippen molar-refractivity contribution >= 4 is 23.7 Å². The largest absolute Gasteiger partial charge is 0.509 e. The van der Waals surface area contributed by atoms with Crippen LogP contribution in [0.1, 0.15) is 91.4 Å². The Bertz CT molecular complexity index is 1260. The molecule has 0 amide bonds. The summed E-state index contributed by atoms with van der Waals surface area (Å²) in [6.45, 7) is 5.52. The molecule has 0 spiro atoms. The van der Waals surface area contributed by atoms with Gasteiger partial charge in [0.2, 0.25) is 5.60 Å². The summed E-state index contributed by atoms with van der Waals surface area (Å²) in [5.41, 5.74) is -2.35. The second kappa shape index (κ2) is 10.0. The molecule has 7 saturated carbocycles. The predicted octanol–water partition coefficient (Wildman–Crippen LogP) is 5.51. The van der Waals surface area contributed by atoms with Gasteiger partial charge in [-0.25, -0.2) is 9.59 Å². The number of allylic oxidation sites excluding steroid dienone is 4. The van der Waals surface area contributed by atoms with E-state index >= 15 is 0 Å². The lowest BCUT2D eigenvalue weighted by atomic mass is 9.46. The molecule has 8 aliphatic rings. The van der Waals surface area contributed by atoms with Crippen LogP contribution in [0.4, 0.5) is 4.79 Å². The van der Waals surface area contributed by atoms with E-state index in [2.05, 4.69) is 6.92 Å². The van der Waals surface area contributed by atoms with Crippen molar-refractivity contribution in [2.45, 2.75) is 103 Å². The molecule has 8 nitrogen and oxygen atoms in total. The minimum atomic E-state index is -1.66. The minimum absolute atomic E-state index is 0.00725. The van der Waals surface area contributed by atoms with E-state index in [4.69, 9.17) is 14.2 Å². The Balaban J connectivity index is 1.16. The number of rotatable bonds is 6. The topological polar surface area (TPSA) is 116 Å². The van der Waals surface area contributed by atoms with Crippen LogP contribution in [-0.4, -0.2) is 53.7 Å². The molecule has 0 aromatic rings. The molecule has 0 radical (unpaired) electrons. The summed E-state index contributed by atoms with van der Waals surface area (Å²) in [5.74, 6) is 1.000. The molecule has 1 N–H and O–H groups in total. The van der Waals surface area contributed by atoms with Gasteiger partial charge in [-0.3, -0.25) is 9.59 Å². The highest BCUT2D eigenvalue weighted by molar-refractivity contribution is 6.01. The maximum atomic E-state index is 14.2. The van der Waals surface area contributed by atoms with E-state index in [0.717, 1.165) is 37.7 Å². The monoisotopic (exact) mass is 594 g/mol. The van der Waals surface area contributed by atoms with Crippen molar-refractivity contribution in [1.29, 1.82) is 0 Å². The first kappa shape index (κ1) is 29.2. The number of hydrogen-bond donors (Lipinski definition) is 1. The highest BCUT2D eigenvalue weighted by Gasteiger charge is 2.72. The van der Waals surface area contributed by atoms with Gasteiger partial charge in [0.15, 0.2) is 18.2 Å². The van der Waals surface area contributed by atoms with Crippen LogP contribution in [0, 0.1) is 51.8 Å². The molecule has 8 rings (SSSR count). The fourth-order valence-electron chi connectivity index (χ4n) is 12.0. The average Bonchev–Trinajstić information content (AvgIpc) is 3.23. The summed E-state index contributed by atoms with van der Waals surface area (Å²) in [7, 11) is 0. The normalized spacial score (nSPS) is 47.2. The van der Waals surface area contributed by atoms with Gasteiger partial charge in [-0.2, -0.15) is 0 Å². The Kier molecular flexibility index (Phi) is 6.81. The average molecular weight is 595 g/mol. The molecule has 0 heterocycles. The van der Waals surface area contributed by atoms with Crippen LogP contribution < -0.4 is 0 Å². The molecule has 7 fully saturated rings. The maximum Gasteiger partial charge on any atom is 0.509 e. The predicted molar refractivity (Wildman–Crippen MR) is 155 cm³/mol. The molecular weight excluding hydrogens is 548 g/mol. The Morgan fingerprint density at radius 1 is 0.977 bits per heavy atom. The lowest BCUT2D eigenvalue weighted by Crippen LogP contribution is -2.63. The van der Waals surface area contributed by atoms with Crippen molar-refractivity contribution in [2.24, 2.45) is 51.8 Å². The summed E-state index contributed by atoms with van der Waals surface area (Å²) in [4.78, 5) is 53.1. The summed E-state index contributed by atoms with van der Waals surface area (Å²) >= 11 is 0. The lowest BCUT2D eigenvalue weighted by Gasteiger charge is -2.59. The van der Waals surface area contributed by atoms with Crippen LogP contribution in [0.15, 0.2) is 23.8 Å². The standard InChI is InChI=1S/C35H46O8/c1-4-41-31(40)43-35(30(39)42-19-28(38)34-15-20-11-21(16-34)13-22(12-20)17-34)10-8-26-25-6-5-23-14-24(36)7-9-32(23,2)29(25)27(37)18-33(26,35)3/h7,9,14,20-22,25-27,29,37H,4-6,8,10-13,15-19H2,1-3H3/t20?,21?,22?,25-,26-,27-,29+,32-,33-,34?,35-/m0/s1. The molecule has 0 saturated heterocycles. The van der Waals surface area contributed by atoms with Crippen molar-refractivity contribution in [2.75, 3.05) is 13.2 Å². The summed E-state index contributed by atoms with van der Waals surface area (Å²) < 4.78 is 17.1. The number of aliphatic hydroxyl groups is 1. The second-order valence-corrected chi connectivity index (χ2v) is 15.6. The van der Waals surface area contributed by atoms with E-state index in [1.807, 2.05) is 13.0 Å². The molecule has 7 atom stereocenters. The van der Waals surface area contributed by atoms with Crippen LogP contribution in [-0.2, 0) is 28.6 Å². The first-order valence-corrected chi connectivity index (χ1v) is 16.6. The van der Waals surface area contributed by atoms with Gasteiger partial charge in [-0.15, -0.1) is 0 Å². The number of aliphatic hydroxyl groups excluding tert-OH is 1. The summed E-state index contributed by atoms with van der Waals surface area (Å²) in [6, 6.07) is 0. The number of ether oxygens (including phenoxy) is 3. The van der Waals surface area contributed by atoms with Gasteiger partial charge in [0.05, 0.1) is 12.7 Å². The molecule has 8 aliphatic carbocycles. The van der Waals surface area contributed by atoms with Gasteiger partial charge in [0, 0.05) is 22.2 Å².